The third-order valence-corrected chi connectivity index (χ3v) is 18.6. The minimum Gasteiger partial charge on any atom is -0.481 e. The second-order valence-electron chi connectivity index (χ2n) is 37.6. The molecule has 0 bridgehead atoms. The van der Waals surface area contributed by atoms with Crippen molar-refractivity contribution < 1.29 is 43.0 Å². The Morgan fingerprint density at radius 2 is 0.657 bits per heavy atom. The summed E-state index contributed by atoms with van der Waals surface area (Å²) < 4.78 is 17.6. The topological polar surface area (TPSA) is 352 Å². The van der Waals surface area contributed by atoms with Gasteiger partial charge in [-0.3, -0.25) is 33.9 Å². The van der Waals surface area contributed by atoms with Gasteiger partial charge in [0.25, 0.3) is 35.4 Å². The molecule has 3 aromatic carbocycles. The van der Waals surface area contributed by atoms with E-state index in [4.69, 9.17) is 37.4 Å². The molecule has 11 aromatic heterocycles. The third kappa shape index (κ3) is 36.4. The molecule has 1 aliphatic rings. The standard InChI is InChI=1S/C21H21N3O.C19H18N4O.C19H18N2O3.C18H19N3O2.2C17H16ClN3O/c1-21(2,3)11-9-17-6-5-16(14-22-17)20(25)23-18-7-8-19-15(13-18)10-12-24(19)4;1-19(2,3)9-8-15-5-4-13(11-20-15)18(24)22-16-6-7-17-14(10-16)12-21-23-17;1-19(2,3)9-8-14-5-4-13(11-20-14)18(22)21-15-6-7-16-17(10-15)24-12-23-16;1-18(2,3)10-9-14-6-5-13(11-19-14)17(22)21-15-7-8-16(23-4)20-12-15;1-17(2,3)8-6-13-5-4-12(11-20-13)16(22)21-14-7-9-19-15(18)10-14;1-17(2,3)9-8-13-5-4-12(10-19-13)16(22)21-14-6-7-15(18)20-11-14/h5-8,10,12-14H,1-4H3,(H,23,25);4-7,10-12H,1-3H3,(H,21,23)(H,22,24);4-7,10-11H,12H2,1-3H3,(H,21,22);5-8,11-12H,1-4H3,(H,21,22);4-5,7,9-11H,1-3H3,(H,19,21,22);4-7,10-11H,1-3H3,(H,21,22). The molecule has 0 spiro atoms. The Labute approximate surface area is 826 Å². The van der Waals surface area contributed by atoms with Crippen molar-refractivity contribution in [2.75, 3.05) is 45.8 Å². The molecule has 1 aliphatic heterocycles. The number of amides is 6. The van der Waals surface area contributed by atoms with Gasteiger partial charge >= 0.3 is 0 Å². The number of hydrogen-bond acceptors (Lipinski definition) is 19. The van der Waals surface area contributed by atoms with E-state index >= 15 is 0 Å². The van der Waals surface area contributed by atoms with E-state index in [-0.39, 0.29) is 74.7 Å². The van der Waals surface area contributed by atoms with Crippen LogP contribution in [0.5, 0.6) is 17.4 Å². The van der Waals surface area contributed by atoms with Gasteiger partial charge < -0.3 is 50.7 Å². The predicted octanol–water partition coefficient (Wildman–Crippen LogP) is 22.0. The number of nitrogens with zero attached hydrogens (tertiary/aromatic N) is 11. The molecular weight excluding hydrogens is 1800 g/mol. The number of nitrogens with one attached hydrogen (secondary N) is 7. The fraction of sp³-hybridized carbons (Fsp3) is 0.243. The fourth-order valence-electron chi connectivity index (χ4n) is 11.2. The highest BCUT2D eigenvalue weighted by Gasteiger charge is 2.19. The maximum Gasteiger partial charge on any atom is 0.257 e. The summed E-state index contributed by atoms with van der Waals surface area (Å²) in [5.41, 5.74) is 12.1. The molecule has 6 amide bonds. The zero-order valence-corrected chi connectivity index (χ0v) is 83.1. The molecule has 0 saturated heterocycles. The number of carbonyl (C=O) groups excluding carboxylic acids is 6. The van der Waals surface area contributed by atoms with Crippen LogP contribution in [0.4, 0.5) is 34.1 Å². The summed E-state index contributed by atoms with van der Waals surface area (Å²) in [5.74, 6) is 37.1. The molecule has 14 aromatic rings. The molecule has 140 heavy (non-hydrogen) atoms. The molecule has 0 atom stereocenters. The van der Waals surface area contributed by atoms with E-state index < -0.39 is 0 Å². The first-order chi connectivity index (χ1) is 66.2. The average Bonchev–Trinajstić information content (AvgIpc) is 1.67. The van der Waals surface area contributed by atoms with Gasteiger partial charge in [0.15, 0.2) is 11.5 Å². The highest BCUT2D eigenvalue weighted by atomic mass is 35.5. The lowest BCUT2D eigenvalue weighted by Gasteiger charge is -2.07. The average molecular weight is 1910 g/mol. The van der Waals surface area contributed by atoms with Gasteiger partial charge in [-0.15, -0.1) is 0 Å². The first-order valence-electron chi connectivity index (χ1n) is 44.1. The van der Waals surface area contributed by atoms with Crippen LogP contribution in [0.2, 0.25) is 10.3 Å². The summed E-state index contributed by atoms with van der Waals surface area (Å²) >= 11 is 11.5. The number of benzene rings is 3. The summed E-state index contributed by atoms with van der Waals surface area (Å²) in [6.45, 7) is 36.8. The molecule has 0 unspecified atom stereocenters. The molecule has 0 aliphatic carbocycles. The van der Waals surface area contributed by atoms with Gasteiger partial charge in [-0.1, -0.05) is 58.7 Å². The molecule has 710 valence electrons. The number of halogens is 2. The maximum absolute atomic E-state index is 12.4. The van der Waals surface area contributed by atoms with Gasteiger partial charge in [0.1, 0.15) is 44.5 Å². The van der Waals surface area contributed by atoms with Crippen LogP contribution in [0.25, 0.3) is 21.8 Å². The summed E-state index contributed by atoms with van der Waals surface area (Å²) in [7, 11) is 3.53. The first-order valence-corrected chi connectivity index (χ1v) is 44.9. The Morgan fingerprint density at radius 3 is 0.993 bits per heavy atom. The highest BCUT2D eigenvalue weighted by molar-refractivity contribution is 6.30. The van der Waals surface area contributed by atoms with E-state index in [9.17, 15) is 28.8 Å². The van der Waals surface area contributed by atoms with Crippen molar-refractivity contribution in [3.05, 3.63) is 316 Å². The van der Waals surface area contributed by atoms with E-state index in [0.29, 0.717) is 124 Å². The fourth-order valence-corrected chi connectivity index (χ4v) is 11.5. The Morgan fingerprint density at radius 1 is 0.329 bits per heavy atom. The normalized spacial score (nSPS) is 11.0. The van der Waals surface area contributed by atoms with E-state index in [1.165, 1.54) is 50.5 Å². The van der Waals surface area contributed by atoms with Crippen LogP contribution < -0.4 is 46.1 Å². The van der Waals surface area contributed by atoms with Crippen molar-refractivity contribution in [2.24, 2.45) is 39.5 Å². The van der Waals surface area contributed by atoms with Crippen LogP contribution in [-0.2, 0) is 7.05 Å². The van der Waals surface area contributed by atoms with Crippen molar-refractivity contribution in [3.8, 4) is 88.4 Å². The molecule has 27 nitrogen and oxygen atoms in total. The second kappa shape index (κ2) is 48.1. The molecule has 7 N–H and O–H groups in total. The number of aromatic amines is 1. The van der Waals surface area contributed by atoms with Crippen molar-refractivity contribution in [1.29, 1.82) is 0 Å². The van der Waals surface area contributed by atoms with Gasteiger partial charge in [-0.2, -0.15) is 5.10 Å². The molecule has 0 fully saturated rings. The SMILES string of the molecule is CC(C)(C)C#Cc1ccc(C(=O)Nc2ccc(Cl)nc2)cn1.CC(C)(C)C#Cc1ccc(C(=O)Nc2ccc3[nH]ncc3c2)cn1.CC(C)(C)C#Cc1ccc(C(=O)Nc2ccc3c(c2)OCO3)cn1.CC(C)(C)C#Cc1ccc(C(=O)Nc2ccnc(Cl)c2)cn1.COc1ccc(NC(=O)c2ccc(C#CC(C)(C)C)nc2)cn1.Cn1ccc2cc(NC(=O)c3ccc(C#CC(C)(C)C)nc3)ccc21. The van der Waals surface area contributed by atoms with E-state index in [0.717, 1.165) is 27.5 Å². The summed E-state index contributed by atoms with van der Waals surface area (Å²) in [6, 6.07) is 49.4. The number of carbonyl (C=O) groups is 6. The van der Waals surface area contributed by atoms with E-state index in [1.54, 1.807) is 146 Å². The third-order valence-electron chi connectivity index (χ3n) is 18.2. The predicted molar refractivity (Wildman–Crippen MR) is 552 cm³/mol. The van der Waals surface area contributed by atoms with Crippen molar-refractivity contribution in [1.82, 2.24) is 59.6 Å². The minimum absolute atomic E-state index is 0.0756. The largest absolute Gasteiger partial charge is 0.481 e. The molecule has 29 heteroatoms. The van der Waals surface area contributed by atoms with Crippen molar-refractivity contribution in [2.45, 2.75) is 125 Å². The maximum atomic E-state index is 12.4. The van der Waals surface area contributed by atoms with E-state index in [2.05, 4.69) is 158 Å². The van der Waals surface area contributed by atoms with Crippen LogP contribution in [0.15, 0.2) is 238 Å². The molecule has 0 saturated carbocycles. The number of hydrogen-bond donors (Lipinski definition) is 7. The number of rotatable bonds is 13. The monoisotopic (exact) mass is 1910 g/mol. The van der Waals surface area contributed by atoms with Crippen molar-refractivity contribution in [3.63, 3.8) is 0 Å². The first kappa shape index (κ1) is 105. The lowest BCUT2D eigenvalue weighted by molar-refractivity contribution is 0.101. The number of aryl methyl sites for hydroxylation is 1. The van der Waals surface area contributed by atoms with Gasteiger partial charge in [0, 0.05) is 140 Å². The molecular formula is C111H108Cl2N18O9. The zero-order chi connectivity index (χ0) is 102. The lowest BCUT2D eigenvalue weighted by atomic mass is 9.98. The Bertz CT molecular complexity index is 7160. The highest BCUT2D eigenvalue weighted by Crippen LogP contribution is 2.35. The smallest absolute Gasteiger partial charge is 0.257 e. The molecule has 0 radical (unpaired) electrons. The van der Waals surface area contributed by atoms with Gasteiger partial charge in [0.05, 0.1) is 76.0 Å². The summed E-state index contributed by atoms with van der Waals surface area (Å²) in [5, 5.41) is 26.4. The Balaban J connectivity index is 0.000000173. The van der Waals surface area contributed by atoms with Crippen LogP contribution in [0, 0.1) is 104 Å². The Hall–Kier alpha value is -16.8. The van der Waals surface area contributed by atoms with Crippen molar-refractivity contribution >= 4 is 115 Å². The van der Waals surface area contributed by atoms with Crippen LogP contribution in [-0.4, -0.2) is 109 Å². The van der Waals surface area contributed by atoms with Gasteiger partial charge in [-0.05, 0) is 318 Å². The number of H-pyrrole nitrogens is 1. The summed E-state index contributed by atoms with van der Waals surface area (Å²) in [6.07, 6.45) is 17.4. The summed E-state index contributed by atoms with van der Waals surface area (Å²) in [4.78, 5) is 110. The number of methoxy groups -OCH3 is 1. The van der Waals surface area contributed by atoms with Gasteiger partial charge in [0.2, 0.25) is 12.7 Å². The Kier molecular flexibility index (Phi) is 36.1. The number of pyridine rings is 9. The molecule has 15 rings (SSSR count). The quantitative estimate of drug-likeness (QED) is 0.0416. The van der Waals surface area contributed by atoms with E-state index in [1.807, 2.05) is 185 Å². The van der Waals surface area contributed by atoms with Crippen LogP contribution >= 0.6 is 23.2 Å². The number of aromatic nitrogens is 12. The number of fused-ring (bicyclic) bond motifs is 3. The lowest BCUT2D eigenvalue weighted by Crippen LogP contribution is -2.12. The zero-order valence-electron chi connectivity index (χ0n) is 81.6. The minimum atomic E-state index is -0.259. The second-order valence-corrected chi connectivity index (χ2v) is 38.4. The van der Waals surface area contributed by atoms with Crippen LogP contribution in [0.3, 0.4) is 0 Å². The number of ether oxygens (including phenoxy) is 3. The van der Waals surface area contributed by atoms with Gasteiger partial charge in [-0.25, -0.2) is 44.9 Å². The van der Waals surface area contributed by atoms with Crippen LogP contribution in [0.1, 0.15) is 221 Å². The molecule has 12 heterocycles. The number of anilines is 6.